The summed E-state index contributed by atoms with van der Waals surface area (Å²) >= 11 is 3.45. The van der Waals surface area contributed by atoms with Crippen LogP contribution in [0.5, 0.6) is 5.75 Å². The van der Waals surface area contributed by atoms with Crippen LogP contribution in [0.1, 0.15) is 53.8 Å². The molecule has 6 heteroatoms. The van der Waals surface area contributed by atoms with Crippen LogP contribution >= 0.6 is 15.9 Å². The first-order valence-corrected chi connectivity index (χ1v) is 9.97. The minimum atomic E-state index is -0.286. The molecule has 0 bridgehead atoms. The van der Waals surface area contributed by atoms with E-state index >= 15 is 0 Å². The first kappa shape index (κ1) is 21.0. The van der Waals surface area contributed by atoms with Crippen molar-refractivity contribution in [2.24, 2.45) is 0 Å². The number of carbonyl (C=O) groups excluding carboxylic acids is 2. The molecule has 0 aliphatic carbocycles. The fraction of sp³-hybridized carbons (Fsp3) is 0.333. The molecule has 5 nitrogen and oxygen atoms in total. The molecular weight excluding hydrogens is 408 g/mol. The Morgan fingerprint density at radius 3 is 2.52 bits per heavy atom. The summed E-state index contributed by atoms with van der Waals surface area (Å²) in [6.07, 6.45) is 2.88. The SMILES string of the molecule is CCCCOc1ccc(C(=O)Nc2ccccc2C(=O)NCCC)cc1Br. The van der Waals surface area contributed by atoms with Gasteiger partial charge in [0.25, 0.3) is 11.8 Å². The lowest BCUT2D eigenvalue weighted by molar-refractivity contribution is 0.0954. The molecule has 0 fully saturated rings. The summed E-state index contributed by atoms with van der Waals surface area (Å²) < 4.78 is 6.41. The van der Waals surface area contributed by atoms with Crippen molar-refractivity contribution < 1.29 is 14.3 Å². The molecule has 0 unspecified atom stereocenters. The molecule has 2 aromatic rings. The zero-order valence-corrected chi connectivity index (χ0v) is 17.3. The van der Waals surface area contributed by atoms with Crippen molar-refractivity contribution in [3.05, 3.63) is 58.1 Å². The van der Waals surface area contributed by atoms with Crippen LogP contribution in [0.2, 0.25) is 0 Å². The lowest BCUT2D eigenvalue weighted by Crippen LogP contribution is -2.25. The van der Waals surface area contributed by atoms with E-state index in [2.05, 4.69) is 33.5 Å². The standard InChI is InChI=1S/C21H25BrN2O3/c1-3-5-13-27-19-11-10-15(14-17(19)22)20(25)24-18-9-7-6-8-16(18)21(26)23-12-4-2/h6-11,14H,3-5,12-13H2,1-2H3,(H,23,26)(H,24,25). The Labute approximate surface area is 168 Å². The second kappa shape index (κ2) is 10.7. The van der Waals surface area contributed by atoms with Crippen molar-refractivity contribution in [1.29, 1.82) is 0 Å². The number of amides is 2. The van der Waals surface area contributed by atoms with E-state index in [-0.39, 0.29) is 11.8 Å². The monoisotopic (exact) mass is 432 g/mol. The normalized spacial score (nSPS) is 10.3. The predicted octanol–water partition coefficient (Wildman–Crippen LogP) is 5.02. The number of benzene rings is 2. The first-order chi connectivity index (χ1) is 13.1. The van der Waals surface area contributed by atoms with Gasteiger partial charge in [-0.05, 0) is 59.1 Å². The highest BCUT2D eigenvalue weighted by Crippen LogP contribution is 2.27. The molecule has 0 aliphatic heterocycles. The molecule has 2 aromatic carbocycles. The van der Waals surface area contributed by atoms with Crippen molar-refractivity contribution in [1.82, 2.24) is 5.32 Å². The molecule has 0 aromatic heterocycles. The Morgan fingerprint density at radius 2 is 1.81 bits per heavy atom. The summed E-state index contributed by atoms with van der Waals surface area (Å²) in [5, 5.41) is 5.65. The number of unbranched alkanes of at least 4 members (excludes halogenated alkanes) is 1. The maximum absolute atomic E-state index is 12.6. The number of halogens is 1. The molecule has 0 aliphatic rings. The first-order valence-electron chi connectivity index (χ1n) is 9.17. The number of carbonyl (C=O) groups is 2. The van der Waals surface area contributed by atoms with Crippen molar-refractivity contribution in [2.75, 3.05) is 18.5 Å². The number of anilines is 1. The quantitative estimate of drug-likeness (QED) is 0.546. The Hall–Kier alpha value is -2.34. The van der Waals surface area contributed by atoms with Crippen LogP contribution in [0, 0.1) is 0 Å². The summed E-state index contributed by atoms with van der Waals surface area (Å²) in [4.78, 5) is 24.9. The van der Waals surface area contributed by atoms with Crippen LogP contribution in [0.25, 0.3) is 0 Å². The smallest absolute Gasteiger partial charge is 0.255 e. The van der Waals surface area contributed by atoms with Crippen LogP contribution in [0.3, 0.4) is 0 Å². The molecule has 27 heavy (non-hydrogen) atoms. The highest BCUT2D eigenvalue weighted by molar-refractivity contribution is 9.10. The number of nitrogens with one attached hydrogen (secondary N) is 2. The molecule has 2 amide bonds. The van der Waals surface area contributed by atoms with Crippen LogP contribution < -0.4 is 15.4 Å². The number of hydrogen-bond acceptors (Lipinski definition) is 3. The van der Waals surface area contributed by atoms with Crippen LogP contribution in [-0.2, 0) is 0 Å². The van der Waals surface area contributed by atoms with Crippen molar-refractivity contribution in [3.8, 4) is 5.75 Å². The second-order valence-corrected chi connectivity index (χ2v) is 6.96. The van der Waals surface area contributed by atoms with Gasteiger partial charge < -0.3 is 15.4 Å². The molecule has 2 N–H and O–H groups in total. The highest BCUT2D eigenvalue weighted by Gasteiger charge is 2.14. The Bertz CT molecular complexity index is 793. The largest absolute Gasteiger partial charge is 0.492 e. The number of para-hydroxylation sites is 1. The second-order valence-electron chi connectivity index (χ2n) is 6.10. The third kappa shape index (κ3) is 6.10. The minimum absolute atomic E-state index is 0.200. The average molecular weight is 433 g/mol. The van der Waals surface area contributed by atoms with Gasteiger partial charge in [0, 0.05) is 12.1 Å². The van der Waals surface area contributed by atoms with Gasteiger partial charge in [0.2, 0.25) is 0 Å². The Kier molecular flexibility index (Phi) is 8.33. The van der Waals surface area contributed by atoms with Crippen LogP contribution in [0.15, 0.2) is 46.9 Å². The van der Waals surface area contributed by atoms with E-state index in [0.717, 1.165) is 23.7 Å². The molecule has 0 atom stereocenters. The molecule has 0 saturated carbocycles. The molecule has 0 saturated heterocycles. The number of ether oxygens (including phenoxy) is 1. The van der Waals surface area contributed by atoms with Gasteiger partial charge in [0.05, 0.1) is 22.3 Å². The van der Waals surface area contributed by atoms with E-state index in [9.17, 15) is 9.59 Å². The van der Waals surface area contributed by atoms with Gasteiger partial charge >= 0.3 is 0 Å². The van der Waals surface area contributed by atoms with E-state index < -0.39 is 0 Å². The van der Waals surface area contributed by atoms with Gasteiger partial charge in [-0.15, -0.1) is 0 Å². The summed E-state index contributed by atoms with van der Waals surface area (Å²) in [6, 6.07) is 12.2. The van der Waals surface area contributed by atoms with Crippen molar-refractivity contribution in [3.63, 3.8) is 0 Å². The van der Waals surface area contributed by atoms with Gasteiger partial charge in [-0.3, -0.25) is 9.59 Å². The summed E-state index contributed by atoms with van der Waals surface area (Å²) in [6.45, 7) is 5.32. The maximum atomic E-state index is 12.6. The van der Waals surface area contributed by atoms with Gasteiger partial charge in [-0.2, -0.15) is 0 Å². The van der Waals surface area contributed by atoms with Crippen molar-refractivity contribution in [2.45, 2.75) is 33.1 Å². The molecule has 0 heterocycles. The fourth-order valence-corrected chi connectivity index (χ4v) is 2.90. The van der Waals surface area contributed by atoms with E-state index in [1.807, 2.05) is 6.92 Å². The lowest BCUT2D eigenvalue weighted by atomic mass is 10.1. The summed E-state index contributed by atoms with van der Waals surface area (Å²) in [5.41, 5.74) is 1.40. The lowest BCUT2D eigenvalue weighted by Gasteiger charge is -2.12. The van der Waals surface area contributed by atoms with Crippen LogP contribution in [0.4, 0.5) is 5.69 Å². The van der Waals surface area contributed by atoms with Gasteiger partial charge in [0.15, 0.2) is 0 Å². The summed E-state index contributed by atoms with van der Waals surface area (Å²) in [7, 11) is 0. The van der Waals surface area contributed by atoms with Crippen molar-refractivity contribution >= 4 is 33.4 Å². The molecule has 0 spiro atoms. The molecule has 144 valence electrons. The van der Waals surface area contributed by atoms with Crippen LogP contribution in [-0.4, -0.2) is 25.0 Å². The zero-order chi connectivity index (χ0) is 19.6. The average Bonchev–Trinajstić information content (AvgIpc) is 2.67. The van der Waals surface area contributed by atoms with Gasteiger partial charge in [-0.1, -0.05) is 32.4 Å². The van der Waals surface area contributed by atoms with Gasteiger partial charge in [-0.25, -0.2) is 0 Å². The zero-order valence-electron chi connectivity index (χ0n) is 15.7. The highest BCUT2D eigenvalue weighted by atomic mass is 79.9. The fourth-order valence-electron chi connectivity index (χ4n) is 2.40. The van der Waals surface area contributed by atoms with E-state index in [1.165, 1.54) is 0 Å². The molecule has 2 rings (SSSR count). The van der Waals surface area contributed by atoms with Gasteiger partial charge in [0.1, 0.15) is 5.75 Å². The Morgan fingerprint density at radius 1 is 1.04 bits per heavy atom. The number of hydrogen-bond donors (Lipinski definition) is 2. The van der Waals surface area contributed by atoms with E-state index in [1.54, 1.807) is 42.5 Å². The molecule has 0 radical (unpaired) electrons. The summed E-state index contributed by atoms with van der Waals surface area (Å²) in [5.74, 6) is 0.222. The topological polar surface area (TPSA) is 67.4 Å². The van der Waals surface area contributed by atoms with E-state index in [0.29, 0.717) is 35.7 Å². The third-order valence-corrected chi connectivity index (χ3v) is 4.52. The third-order valence-electron chi connectivity index (χ3n) is 3.90. The molecular formula is C21H25BrN2O3. The predicted molar refractivity (Wildman–Crippen MR) is 112 cm³/mol. The maximum Gasteiger partial charge on any atom is 0.255 e. The van der Waals surface area contributed by atoms with E-state index in [4.69, 9.17) is 4.74 Å². The number of rotatable bonds is 9. The Balaban J connectivity index is 2.11. The minimum Gasteiger partial charge on any atom is -0.492 e.